The first-order valence-electron chi connectivity index (χ1n) is 7.31. The van der Waals surface area contributed by atoms with Gasteiger partial charge in [0.1, 0.15) is 17.3 Å². The van der Waals surface area contributed by atoms with Crippen molar-refractivity contribution in [3.05, 3.63) is 47.5 Å². The standard InChI is InChI=1S/C17H14ClN3O/c18-16(12-5-6-12)15-13(7-8-14-17(15)20-21-19-14)11-3-1-10(9-22)2-4-11/h1-4,7-9,12,16H,5-6H2,(H,19,20,21). The lowest BCUT2D eigenvalue weighted by Gasteiger charge is -2.15. The Balaban J connectivity index is 1.91. The molecule has 3 aromatic rings. The first-order valence-corrected chi connectivity index (χ1v) is 7.74. The highest BCUT2D eigenvalue weighted by molar-refractivity contribution is 6.22. The number of nitrogens with one attached hydrogen (secondary N) is 1. The summed E-state index contributed by atoms with van der Waals surface area (Å²) in [5, 5.41) is 11.1. The van der Waals surface area contributed by atoms with E-state index >= 15 is 0 Å². The second-order valence-corrected chi connectivity index (χ2v) is 6.17. The van der Waals surface area contributed by atoms with Crippen molar-refractivity contribution >= 4 is 28.9 Å². The highest BCUT2D eigenvalue weighted by Crippen LogP contribution is 2.49. The van der Waals surface area contributed by atoms with Gasteiger partial charge in [-0.1, -0.05) is 30.3 Å². The third kappa shape index (κ3) is 2.20. The molecule has 0 bridgehead atoms. The van der Waals surface area contributed by atoms with Crippen molar-refractivity contribution in [2.45, 2.75) is 18.2 Å². The van der Waals surface area contributed by atoms with Crippen molar-refractivity contribution in [2.24, 2.45) is 5.92 Å². The molecule has 0 saturated heterocycles. The van der Waals surface area contributed by atoms with Gasteiger partial charge in [-0.2, -0.15) is 15.4 Å². The second-order valence-electron chi connectivity index (χ2n) is 5.70. The van der Waals surface area contributed by atoms with Crippen LogP contribution in [0.5, 0.6) is 0 Å². The molecule has 0 amide bonds. The maximum absolute atomic E-state index is 10.8. The molecule has 0 radical (unpaired) electrons. The molecule has 0 spiro atoms. The molecule has 1 atom stereocenters. The van der Waals surface area contributed by atoms with Crippen LogP contribution in [0.15, 0.2) is 36.4 Å². The molecule has 1 saturated carbocycles. The lowest BCUT2D eigenvalue weighted by atomic mass is 9.94. The van der Waals surface area contributed by atoms with Crippen LogP contribution in [-0.4, -0.2) is 21.7 Å². The van der Waals surface area contributed by atoms with Crippen LogP contribution in [0.2, 0.25) is 0 Å². The fourth-order valence-corrected chi connectivity index (χ4v) is 3.30. The average Bonchev–Trinajstić information content (AvgIpc) is 3.31. The summed E-state index contributed by atoms with van der Waals surface area (Å²) in [6.07, 6.45) is 3.16. The number of carbonyl (C=O) groups excluding carboxylic acids is 1. The average molecular weight is 312 g/mol. The van der Waals surface area contributed by atoms with E-state index in [2.05, 4.69) is 15.4 Å². The molecule has 4 rings (SSSR count). The molecule has 2 aromatic carbocycles. The number of carbonyl (C=O) groups is 1. The Morgan fingerprint density at radius 2 is 1.91 bits per heavy atom. The molecule has 5 heteroatoms. The Morgan fingerprint density at radius 1 is 1.14 bits per heavy atom. The van der Waals surface area contributed by atoms with Crippen LogP contribution in [0.3, 0.4) is 0 Å². The number of fused-ring (bicyclic) bond motifs is 1. The van der Waals surface area contributed by atoms with Gasteiger partial charge in [-0.25, -0.2) is 0 Å². The van der Waals surface area contributed by atoms with Gasteiger partial charge in [0, 0.05) is 11.1 Å². The van der Waals surface area contributed by atoms with Crippen LogP contribution < -0.4 is 0 Å². The van der Waals surface area contributed by atoms with Gasteiger partial charge in [0.2, 0.25) is 0 Å². The molecule has 1 N–H and O–H groups in total. The largest absolute Gasteiger partial charge is 0.298 e. The topological polar surface area (TPSA) is 58.6 Å². The van der Waals surface area contributed by atoms with E-state index in [1.807, 2.05) is 36.4 Å². The van der Waals surface area contributed by atoms with Crippen molar-refractivity contribution in [2.75, 3.05) is 0 Å². The van der Waals surface area contributed by atoms with E-state index in [-0.39, 0.29) is 5.38 Å². The number of aromatic amines is 1. The second kappa shape index (κ2) is 5.21. The minimum atomic E-state index is -0.0606. The third-order valence-electron chi connectivity index (χ3n) is 4.20. The number of aromatic nitrogens is 3. The van der Waals surface area contributed by atoms with Crippen LogP contribution in [0.4, 0.5) is 0 Å². The van der Waals surface area contributed by atoms with Crippen LogP contribution >= 0.6 is 11.6 Å². The van der Waals surface area contributed by atoms with Crippen LogP contribution in [-0.2, 0) is 0 Å². The number of halogens is 1. The van der Waals surface area contributed by atoms with Gasteiger partial charge in [-0.05, 0) is 36.0 Å². The maximum atomic E-state index is 10.8. The van der Waals surface area contributed by atoms with E-state index < -0.39 is 0 Å². The fourth-order valence-electron chi connectivity index (χ4n) is 2.83. The predicted octanol–water partition coefficient (Wildman–Crippen LogP) is 4.13. The molecule has 1 aliphatic carbocycles. The van der Waals surface area contributed by atoms with Gasteiger partial charge in [-0.3, -0.25) is 4.79 Å². The van der Waals surface area contributed by atoms with Gasteiger partial charge < -0.3 is 0 Å². The Labute approximate surface area is 132 Å². The molecule has 4 nitrogen and oxygen atoms in total. The first-order chi connectivity index (χ1) is 10.8. The highest BCUT2D eigenvalue weighted by Gasteiger charge is 2.34. The summed E-state index contributed by atoms with van der Waals surface area (Å²) in [6.45, 7) is 0. The predicted molar refractivity (Wildman–Crippen MR) is 86.0 cm³/mol. The fraction of sp³-hybridized carbons (Fsp3) is 0.235. The summed E-state index contributed by atoms with van der Waals surface area (Å²) in [4.78, 5) is 10.8. The minimum Gasteiger partial charge on any atom is -0.298 e. The van der Waals surface area contributed by atoms with E-state index in [9.17, 15) is 4.79 Å². The summed E-state index contributed by atoms with van der Waals surface area (Å²) in [7, 11) is 0. The molecule has 1 aliphatic rings. The molecule has 1 unspecified atom stereocenters. The highest BCUT2D eigenvalue weighted by atomic mass is 35.5. The lowest BCUT2D eigenvalue weighted by molar-refractivity contribution is 0.112. The van der Waals surface area contributed by atoms with Crippen molar-refractivity contribution < 1.29 is 4.79 Å². The Hall–Kier alpha value is -2.20. The van der Waals surface area contributed by atoms with Gasteiger partial charge in [0.05, 0.1) is 5.38 Å². The maximum Gasteiger partial charge on any atom is 0.150 e. The number of H-pyrrole nitrogens is 1. The number of hydrogen-bond donors (Lipinski definition) is 1. The van der Waals surface area contributed by atoms with E-state index in [1.54, 1.807) is 0 Å². The first kappa shape index (κ1) is 13.5. The third-order valence-corrected chi connectivity index (χ3v) is 4.77. The van der Waals surface area contributed by atoms with E-state index in [4.69, 9.17) is 11.6 Å². The van der Waals surface area contributed by atoms with Crippen molar-refractivity contribution in [3.63, 3.8) is 0 Å². The number of benzene rings is 2. The minimum absolute atomic E-state index is 0.0606. The van der Waals surface area contributed by atoms with E-state index in [0.29, 0.717) is 11.5 Å². The van der Waals surface area contributed by atoms with Gasteiger partial charge in [0.15, 0.2) is 0 Å². The van der Waals surface area contributed by atoms with Crippen molar-refractivity contribution in [1.82, 2.24) is 15.4 Å². The zero-order valence-corrected chi connectivity index (χ0v) is 12.5. The normalized spacial score (nSPS) is 15.9. The SMILES string of the molecule is O=Cc1ccc(-c2ccc3n[nH]nc3c2C(Cl)C2CC2)cc1. The summed E-state index contributed by atoms with van der Waals surface area (Å²) < 4.78 is 0. The number of nitrogens with zero attached hydrogens (tertiary/aromatic N) is 2. The summed E-state index contributed by atoms with van der Waals surface area (Å²) >= 11 is 6.72. The molecule has 0 aliphatic heterocycles. The number of hydrogen-bond acceptors (Lipinski definition) is 3. The van der Waals surface area contributed by atoms with Crippen molar-refractivity contribution in [3.8, 4) is 11.1 Å². The van der Waals surface area contributed by atoms with Gasteiger partial charge >= 0.3 is 0 Å². The summed E-state index contributed by atoms with van der Waals surface area (Å²) in [5.41, 5.74) is 5.47. The molecule has 1 heterocycles. The lowest BCUT2D eigenvalue weighted by Crippen LogP contribution is -1.98. The van der Waals surface area contributed by atoms with Crippen LogP contribution in [0, 0.1) is 5.92 Å². The molecule has 22 heavy (non-hydrogen) atoms. The van der Waals surface area contributed by atoms with Gasteiger partial charge in [0.25, 0.3) is 0 Å². The zero-order valence-electron chi connectivity index (χ0n) is 11.8. The number of rotatable bonds is 4. The Kier molecular flexibility index (Phi) is 3.19. The quantitative estimate of drug-likeness (QED) is 0.582. The summed E-state index contributed by atoms with van der Waals surface area (Å²) in [6, 6.07) is 11.5. The summed E-state index contributed by atoms with van der Waals surface area (Å²) in [5.74, 6) is 0.511. The molecular weight excluding hydrogens is 298 g/mol. The van der Waals surface area contributed by atoms with Crippen molar-refractivity contribution in [1.29, 1.82) is 0 Å². The van der Waals surface area contributed by atoms with Crippen LogP contribution in [0.25, 0.3) is 22.2 Å². The Morgan fingerprint density at radius 3 is 2.59 bits per heavy atom. The van der Waals surface area contributed by atoms with E-state index in [1.165, 1.54) is 0 Å². The molecule has 1 fully saturated rings. The zero-order chi connectivity index (χ0) is 15.1. The van der Waals surface area contributed by atoms with Gasteiger partial charge in [-0.15, -0.1) is 11.6 Å². The molecule has 110 valence electrons. The Bertz CT molecular complexity index is 837. The number of alkyl halides is 1. The monoisotopic (exact) mass is 311 g/mol. The molecule has 1 aromatic heterocycles. The number of aldehydes is 1. The molecular formula is C17H14ClN3O. The van der Waals surface area contributed by atoms with Crippen LogP contribution in [0.1, 0.15) is 34.1 Å². The van der Waals surface area contributed by atoms with E-state index in [0.717, 1.165) is 46.9 Å². The smallest absolute Gasteiger partial charge is 0.150 e.